The summed E-state index contributed by atoms with van der Waals surface area (Å²) in [5.74, 6) is 0. The van der Waals surface area contributed by atoms with E-state index < -0.39 is 20.0 Å². The van der Waals surface area contributed by atoms with Gasteiger partial charge in [-0.15, -0.1) is 0 Å². The highest BCUT2D eigenvalue weighted by Gasteiger charge is 2.23. The third-order valence-corrected chi connectivity index (χ3v) is 9.59. The molecule has 4 rings (SSSR count). The van der Waals surface area contributed by atoms with Gasteiger partial charge in [0.05, 0.1) is 9.79 Å². The van der Waals surface area contributed by atoms with E-state index in [0.717, 1.165) is 62.5 Å². The van der Waals surface area contributed by atoms with Crippen LogP contribution in [0.3, 0.4) is 0 Å². The molecule has 0 aromatic heterocycles. The predicted octanol–water partition coefficient (Wildman–Crippen LogP) is 4.58. The Labute approximate surface area is 191 Å². The Hall–Kier alpha value is -1.74. The van der Waals surface area contributed by atoms with Gasteiger partial charge in [0.25, 0.3) is 0 Å². The van der Waals surface area contributed by atoms with Gasteiger partial charge < -0.3 is 0 Å². The molecule has 0 atom stereocenters. The summed E-state index contributed by atoms with van der Waals surface area (Å²) in [6.45, 7) is 0. The number of hydrogen-bond acceptors (Lipinski definition) is 4. The maximum Gasteiger partial charge on any atom is 0.240 e. The molecule has 0 spiro atoms. The second kappa shape index (κ2) is 10.0. The Kier molecular flexibility index (Phi) is 7.34. The van der Waals surface area contributed by atoms with Crippen LogP contribution in [0.1, 0.15) is 64.2 Å². The van der Waals surface area contributed by atoms with Gasteiger partial charge in [0.15, 0.2) is 0 Å². The van der Waals surface area contributed by atoms with Crippen molar-refractivity contribution in [3.8, 4) is 11.1 Å². The van der Waals surface area contributed by atoms with Gasteiger partial charge in [-0.25, -0.2) is 26.3 Å². The number of hydrogen-bond donors (Lipinski definition) is 2. The molecule has 0 saturated heterocycles. The Bertz CT molecular complexity index is 1010. The van der Waals surface area contributed by atoms with Gasteiger partial charge in [-0.3, -0.25) is 0 Å². The number of nitrogens with one attached hydrogen (secondary N) is 2. The van der Waals surface area contributed by atoms with Gasteiger partial charge in [-0.1, -0.05) is 62.8 Å². The van der Waals surface area contributed by atoms with Crippen LogP contribution in [0, 0.1) is 0 Å². The molecule has 2 fully saturated rings. The van der Waals surface area contributed by atoms with Crippen molar-refractivity contribution in [2.24, 2.45) is 0 Å². The van der Waals surface area contributed by atoms with E-state index >= 15 is 0 Å². The van der Waals surface area contributed by atoms with Crippen LogP contribution in [0.2, 0.25) is 0 Å². The molecule has 2 aliphatic carbocycles. The van der Waals surface area contributed by atoms with Crippen molar-refractivity contribution in [1.82, 2.24) is 9.44 Å². The van der Waals surface area contributed by atoms with E-state index in [1.165, 1.54) is 12.8 Å². The lowest BCUT2D eigenvalue weighted by atomic mass is 9.96. The van der Waals surface area contributed by atoms with Crippen LogP contribution >= 0.6 is 0 Å². The summed E-state index contributed by atoms with van der Waals surface area (Å²) >= 11 is 0. The van der Waals surface area contributed by atoms with Gasteiger partial charge in [0.1, 0.15) is 0 Å². The average Bonchev–Trinajstić information content (AvgIpc) is 2.80. The molecule has 32 heavy (non-hydrogen) atoms. The van der Waals surface area contributed by atoms with Crippen molar-refractivity contribution in [3.05, 3.63) is 48.5 Å². The average molecular weight is 477 g/mol. The zero-order chi connectivity index (χ0) is 22.6. The van der Waals surface area contributed by atoms with E-state index in [0.29, 0.717) is 0 Å². The lowest BCUT2D eigenvalue weighted by molar-refractivity contribution is 0.412. The topological polar surface area (TPSA) is 92.3 Å². The summed E-state index contributed by atoms with van der Waals surface area (Å²) in [6, 6.07) is 13.5. The van der Waals surface area contributed by atoms with Gasteiger partial charge >= 0.3 is 0 Å². The molecule has 0 bridgehead atoms. The van der Waals surface area contributed by atoms with Crippen LogP contribution in [-0.2, 0) is 20.0 Å². The number of benzene rings is 2. The summed E-state index contributed by atoms with van der Waals surface area (Å²) in [7, 11) is -7.07. The van der Waals surface area contributed by atoms with Crippen LogP contribution in [0.5, 0.6) is 0 Å². The quantitative estimate of drug-likeness (QED) is 0.612. The third kappa shape index (κ3) is 5.78. The Balaban J connectivity index is 1.43. The van der Waals surface area contributed by atoms with Crippen LogP contribution in [0.4, 0.5) is 0 Å². The molecule has 0 radical (unpaired) electrons. The van der Waals surface area contributed by atoms with E-state index in [1.54, 1.807) is 48.5 Å². The van der Waals surface area contributed by atoms with Crippen LogP contribution < -0.4 is 9.44 Å². The molecule has 0 amide bonds. The van der Waals surface area contributed by atoms with Crippen molar-refractivity contribution >= 4 is 20.0 Å². The summed E-state index contributed by atoms with van der Waals surface area (Å²) in [6.07, 6.45) is 10.2. The normalized spacial score (nSPS) is 19.1. The van der Waals surface area contributed by atoms with Crippen LogP contribution in [-0.4, -0.2) is 28.9 Å². The number of sulfonamides is 2. The second-order valence-electron chi connectivity index (χ2n) is 8.96. The van der Waals surface area contributed by atoms with Crippen molar-refractivity contribution in [2.45, 2.75) is 86.1 Å². The maximum absolute atomic E-state index is 12.7. The van der Waals surface area contributed by atoms with Gasteiger partial charge in [0, 0.05) is 12.1 Å². The predicted molar refractivity (Wildman–Crippen MR) is 126 cm³/mol. The van der Waals surface area contributed by atoms with Gasteiger partial charge in [0.2, 0.25) is 20.0 Å². The first-order chi connectivity index (χ1) is 15.3. The lowest BCUT2D eigenvalue weighted by Gasteiger charge is -2.22. The molecular formula is C24H32N2O4S2. The Morgan fingerprint density at radius 2 is 0.812 bits per heavy atom. The summed E-state index contributed by atoms with van der Waals surface area (Å²) in [4.78, 5) is 0.505. The first kappa shape index (κ1) is 23.4. The molecule has 2 aromatic rings. The zero-order valence-corrected chi connectivity index (χ0v) is 19.9. The minimum atomic E-state index is -3.54. The minimum absolute atomic E-state index is 0.0186. The van der Waals surface area contributed by atoms with E-state index in [-0.39, 0.29) is 21.9 Å². The monoisotopic (exact) mass is 476 g/mol. The highest BCUT2D eigenvalue weighted by molar-refractivity contribution is 7.89. The molecule has 2 aliphatic rings. The summed E-state index contributed by atoms with van der Waals surface area (Å²) < 4.78 is 56.4. The first-order valence-electron chi connectivity index (χ1n) is 11.6. The molecular weight excluding hydrogens is 444 g/mol. The molecule has 0 heterocycles. The minimum Gasteiger partial charge on any atom is -0.208 e. The van der Waals surface area contributed by atoms with Gasteiger partial charge in [-0.2, -0.15) is 0 Å². The Morgan fingerprint density at radius 3 is 1.12 bits per heavy atom. The molecule has 0 aliphatic heterocycles. The summed E-state index contributed by atoms with van der Waals surface area (Å²) in [5.41, 5.74) is 1.68. The van der Waals surface area contributed by atoms with Crippen LogP contribution in [0.15, 0.2) is 58.3 Å². The number of rotatable bonds is 7. The maximum atomic E-state index is 12.7. The molecule has 6 nitrogen and oxygen atoms in total. The highest BCUT2D eigenvalue weighted by atomic mass is 32.2. The SMILES string of the molecule is O=S(=O)(NC1CCCCC1)c1ccc(-c2ccc(S(=O)(=O)NC3CCCCC3)cc2)cc1. The second-order valence-corrected chi connectivity index (χ2v) is 12.4. The standard InChI is InChI=1S/C24H32N2O4S2/c27-31(28,25-21-7-3-1-4-8-21)23-15-11-19(12-16-23)20-13-17-24(18-14-20)32(29,30)26-22-9-5-2-6-10-22/h11-18,21-22,25-26H,1-10H2. The Morgan fingerprint density at radius 1 is 0.500 bits per heavy atom. The molecule has 2 saturated carbocycles. The van der Waals surface area contributed by atoms with Crippen molar-refractivity contribution in [3.63, 3.8) is 0 Å². The fourth-order valence-corrected chi connectivity index (χ4v) is 7.28. The smallest absolute Gasteiger partial charge is 0.208 e. The van der Waals surface area contributed by atoms with E-state index in [9.17, 15) is 16.8 Å². The van der Waals surface area contributed by atoms with Crippen molar-refractivity contribution < 1.29 is 16.8 Å². The van der Waals surface area contributed by atoms with Gasteiger partial charge in [-0.05, 0) is 61.1 Å². The molecule has 2 aromatic carbocycles. The highest BCUT2D eigenvalue weighted by Crippen LogP contribution is 2.25. The van der Waals surface area contributed by atoms with Crippen molar-refractivity contribution in [1.29, 1.82) is 0 Å². The fraction of sp³-hybridized carbons (Fsp3) is 0.500. The largest absolute Gasteiger partial charge is 0.240 e. The third-order valence-electron chi connectivity index (χ3n) is 6.52. The first-order valence-corrected chi connectivity index (χ1v) is 14.6. The molecule has 8 heteroatoms. The molecule has 0 unspecified atom stereocenters. The zero-order valence-electron chi connectivity index (χ0n) is 18.3. The molecule has 2 N–H and O–H groups in total. The van der Waals surface area contributed by atoms with Crippen LogP contribution in [0.25, 0.3) is 11.1 Å². The van der Waals surface area contributed by atoms with Crippen molar-refractivity contribution in [2.75, 3.05) is 0 Å². The molecule has 174 valence electrons. The fourth-order valence-electron chi connectivity index (χ4n) is 4.67. The van der Waals surface area contributed by atoms with E-state index in [2.05, 4.69) is 9.44 Å². The summed E-state index contributed by atoms with van der Waals surface area (Å²) in [5, 5.41) is 0. The lowest BCUT2D eigenvalue weighted by Crippen LogP contribution is -2.36. The van der Waals surface area contributed by atoms with E-state index in [4.69, 9.17) is 0 Å². The van der Waals surface area contributed by atoms with E-state index in [1.807, 2.05) is 0 Å².